The molecule has 26 heavy (non-hydrogen) atoms. The average molecular weight is 350 g/mol. The van der Waals surface area contributed by atoms with Crippen molar-refractivity contribution in [1.82, 2.24) is 9.55 Å². The van der Waals surface area contributed by atoms with E-state index in [9.17, 15) is 0 Å². The summed E-state index contributed by atoms with van der Waals surface area (Å²) in [4.78, 5) is 4.95. The van der Waals surface area contributed by atoms with Crippen molar-refractivity contribution in [2.24, 2.45) is 0 Å². The zero-order valence-electron chi connectivity index (χ0n) is 13.9. The van der Waals surface area contributed by atoms with E-state index >= 15 is 0 Å². The van der Waals surface area contributed by atoms with Gasteiger partial charge in [0.15, 0.2) is 0 Å². The normalized spacial score (nSPS) is 11.8. The van der Waals surface area contributed by atoms with Crippen LogP contribution in [-0.2, 0) is 0 Å². The largest absolute Gasteiger partial charge is 0.294 e. The molecule has 0 atom stereocenters. The van der Waals surface area contributed by atoms with Crippen molar-refractivity contribution in [3.8, 4) is 5.82 Å². The number of fused-ring (bicyclic) bond motifs is 5. The first kappa shape index (κ1) is 14.0. The lowest BCUT2D eigenvalue weighted by atomic mass is 10.1. The van der Waals surface area contributed by atoms with Crippen molar-refractivity contribution in [2.75, 3.05) is 0 Å². The minimum Gasteiger partial charge on any atom is -0.294 e. The first-order chi connectivity index (χ1) is 12.9. The molecule has 0 amide bonds. The number of benzene rings is 3. The van der Waals surface area contributed by atoms with Crippen molar-refractivity contribution >= 4 is 54.1 Å². The highest BCUT2D eigenvalue weighted by Crippen LogP contribution is 2.35. The molecule has 3 heterocycles. The Morgan fingerprint density at radius 2 is 1.58 bits per heavy atom. The van der Waals surface area contributed by atoms with E-state index in [1.807, 2.05) is 6.07 Å². The average Bonchev–Trinajstić information content (AvgIpc) is 3.27. The van der Waals surface area contributed by atoms with Gasteiger partial charge in [-0.2, -0.15) is 0 Å². The van der Waals surface area contributed by atoms with Crippen molar-refractivity contribution in [2.45, 2.75) is 0 Å². The summed E-state index contributed by atoms with van der Waals surface area (Å²) in [5.74, 6) is 0.962. The van der Waals surface area contributed by atoms with Crippen molar-refractivity contribution < 1.29 is 0 Å². The van der Waals surface area contributed by atoms with Crippen LogP contribution in [0.3, 0.4) is 0 Å². The Bertz CT molecular complexity index is 1440. The van der Waals surface area contributed by atoms with Gasteiger partial charge < -0.3 is 0 Å². The predicted molar refractivity (Wildman–Crippen MR) is 111 cm³/mol. The van der Waals surface area contributed by atoms with Gasteiger partial charge in [0.05, 0.1) is 16.6 Å². The van der Waals surface area contributed by atoms with Crippen LogP contribution in [0.1, 0.15) is 0 Å². The van der Waals surface area contributed by atoms with E-state index in [1.54, 1.807) is 11.3 Å². The first-order valence-electron chi connectivity index (χ1n) is 8.65. The van der Waals surface area contributed by atoms with Crippen LogP contribution < -0.4 is 0 Å². The van der Waals surface area contributed by atoms with Gasteiger partial charge in [-0.1, -0.05) is 36.4 Å². The van der Waals surface area contributed by atoms with E-state index < -0.39 is 0 Å². The second-order valence-corrected chi connectivity index (χ2v) is 7.49. The zero-order chi connectivity index (χ0) is 17.1. The maximum Gasteiger partial charge on any atom is 0.138 e. The van der Waals surface area contributed by atoms with E-state index in [2.05, 4.69) is 82.7 Å². The molecule has 2 nitrogen and oxygen atoms in total. The van der Waals surface area contributed by atoms with E-state index in [0.29, 0.717) is 0 Å². The number of hydrogen-bond donors (Lipinski definition) is 0. The summed E-state index contributed by atoms with van der Waals surface area (Å²) >= 11 is 1.79. The summed E-state index contributed by atoms with van der Waals surface area (Å²) in [5.41, 5.74) is 3.43. The molecule has 0 aliphatic rings. The van der Waals surface area contributed by atoms with Crippen LogP contribution in [0.2, 0.25) is 0 Å². The maximum absolute atomic E-state index is 4.95. The van der Waals surface area contributed by atoms with Crippen LogP contribution in [0, 0.1) is 0 Å². The topological polar surface area (TPSA) is 17.8 Å². The third-order valence-electron chi connectivity index (χ3n) is 5.06. The lowest BCUT2D eigenvalue weighted by Crippen LogP contribution is -1.97. The molecule has 0 N–H and O–H groups in total. The van der Waals surface area contributed by atoms with Gasteiger partial charge in [-0.25, -0.2) is 4.98 Å². The van der Waals surface area contributed by atoms with E-state index in [0.717, 1.165) is 16.7 Å². The molecule has 122 valence electrons. The number of thiophene rings is 1. The Balaban J connectivity index is 1.79. The second kappa shape index (κ2) is 5.16. The minimum absolute atomic E-state index is 0.962. The molecule has 0 aliphatic carbocycles. The zero-order valence-corrected chi connectivity index (χ0v) is 14.7. The molecule has 0 aliphatic heterocycles. The van der Waals surface area contributed by atoms with Crippen LogP contribution in [0.5, 0.6) is 0 Å². The Hall–Kier alpha value is -3.17. The number of aromatic nitrogens is 2. The summed E-state index contributed by atoms with van der Waals surface area (Å²) in [6.45, 7) is 0. The third-order valence-corrected chi connectivity index (χ3v) is 5.94. The van der Waals surface area contributed by atoms with Crippen LogP contribution in [0.15, 0.2) is 84.2 Å². The van der Waals surface area contributed by atoms with Gasteiger partial charge >= 0.3 is 0 Å². The van der Waals surface area contributed by atoms with Crippen LogP contribution >= 0.6 is 11.3 Å². The highest BCUT2D eigenvalue weighted by Gasteiger charge is 2.14. The van der Waals surface area contributed by atoms with Gasteiger partial charge in [-0.3, -0.25) is 4.57 Å². The van der Waals surface area contributed by atoms with E-state index in [-0.39, 0.29) is 0 Å². The number of pyridine rings is 1. The molecule has 0 saturated carbocycles. The monoisotopic (exact) mass is 350 g/mol. The Labute approximate surface area is 153 Å². The fourth-order valence-electron chi connectivity index (χ4n) is 3.85. The molecular weight excluding hydrogens is 336 g/mol. The molecule has 3 aromatic heterocycles. The highest BCUT2D eigenvalue weighted by atomic mass is 32.1. The molecule has 3 aromatic carbocycles. The third kappa shape index (κ3) is 1.89. The molecule has 6 rings (SSSR count). The van der Waals surface area contributed by atoms with Crippen molar-refractivity contribution in [3.63, 3.8) is 0 Å². The van der Waals surface area contributed by atoms with Gasteiger partial charge in [0.1, 0.15) is 5.82 Å². The molecular formula is C23H14N2S. The molecule has 0 saturated heterocycles. The molecule has 0 radical (unpaired) electrons. The Morgan fingerprint density at radius 3 is 2.58 bits per heavy atom. The summed E-state index contributed by atoms with van der Waals surface area (Å²) in [6, 6.07) is 27.9. The van der Waals surface area contributed by atoms with Crippen molar-refractivity contribution in [1.29, 1.82) is 0 Å². The lowest BCUT2D eigenvalue weighted by molar-refractivity contribution is 1.10. The van der Waals surface area contributed by atoms with Gasteiger partial charge in [0.25, 0.3) is 0 Å². The lowest BCUT2D eigenvalue weighted by Gasteiger charge is -2.08. The second-order valence-electron chi connectivity index (χ2n) is 6.54. The smallest absolute Gasteiger partial charge is 0.138 e. The number of para-hydroxylation sites is 2. The van der Waals surface area contributed by atoms with Gasteiger partial charge in [-0.05, 0) is 53.2 Å². The molecule has 3 heteroatoms. The maximum atomic E-state index is 4.95. The van der Waals surface area contributed by atoms with Gasteiger partial charge in [0, 0.05) is 20.9 Å². The number of rotatable bonds is 1. The fourth-order valence-corrected chi connectivity index (χ4v) is 4.66. The van der Waals surface area contributed by atoms with Gasteiger partial charge in [-0.15, -0.1) is 11.3 Å². The Kier molecular flexibility index (Phi) is 2.79. The SMILES string of the molecule is c1ccc2nc(-n3c4ccccc4c4cc5sccc5cc43)ccc2c1. The first-order valence-corrected chi connectivity index (χ1v) is 9.53. The standard InChI is InChI=1S/C23H14N2S/c1-3-7-19-15(5-1)9-10-23(24-19)25-20-8-4-2-6-17(20)18-14-22-16(11-12-26-22)13-21(18)25/h1-14H. The van der Waals surface area contributed by atoms with Crippen LogP contribution in [-0.4, -0.2) is 9.55 Å². The predicted octanol–water partition coefficient (Wildman–Crippen LogP) is 6.55. The number of hydrogen-bond acceptors (Lipinski definition) is 2. The molecule has 0 bridgehead atoms. The molecule has 0 fully saturated rings. The molecule has 0 spiro atoms. The quantitative estimate of drug-likeness (QED) is 0.329. The Morgan fingerprint density at radius 1 is 0.692 bits per heavy atom. The van der Waals surface area contributed by atoms with E-state index in [1.165, 1.54) is 31.9 Å². The summed E-state index contributed by atoms with van der Waals surface area (Å²) in [6.07, 6.45) is 0. The van der Waals surface area contributed by atoms with Crippen LogP contribution in [0.25, 0.3) is 48.6 Å². The fraction of sp³-hybridized carbons (Fsp3) is 0. The highest BCUT2D eigenvalue weighted by molar-refractivity contribution is 7.17. The van der Waals surface area contributed by atoms with Crippen molar-refractivity contribution in [3.05, 3.63) is 84.2 Å². The minimum atomic E-state index is 0.962. The summed E-state index contributed by atoms with van der Waals surface area (Å²) in [7, 11) is 0. The number of nitrogens with zero attached hydrogens (tertiary/aromatic N) is 2. The van der Waals surface area contributed by atoms with E-state index in [4.69, 9.17) is 4.98 Å². The summed E-state index contributed by atoms with van der Waals surface area (Å²) in [5, 5.41) is 7.16. The van der Waals surface area contributed by atoms with Gasteiger partial charge in [0.2, 0.25) is 0 Å². The summed E-state index contributed by atoms with van der Waals surface area (Å²) < 4.78 is 3.61. The molecule has 0 unspecified atom stereocenters. The van der Waals surface area contributed by atoms with Crippen LogP contribution in [0.4, 0.5) is 0 Å². The molecule has 6 aromatic rings.